The van der Waals surface area contributed by atoms with Crippen LogP contribution in [0.1, 0.15) is 30.1 Å². The zero-order chi connectivity index (χ0) is 16.8. The lowest BCUT2D eigenvalue weighted by atomic mass is 10.0. The van der Waals surface area contributed by atoms with Crippen LogP contribution in [0.4, 0.5) is 0 Å². The van der Waals surface area contributed by atoms with Gasteiger partial charge in [-0.1, -0.05) is 29.3 Å². The smallest absolute Gasteiger partial charge is 0.308 e. The number of amides is 1. The number of aromatic nitrogens is 2. The van der Waals surface area contributed by atoms with Gasteiger partial charge in [0.25, 0.3) is 5.91 Å². The summed E-state index contributed by atoms with van der Waals surface area (Å²) in [4.78, 5) is 23.2. The summed E-state index contributed by atoms with van der Waals surface area (Å²) >= 11 is 3.36. The Morgan fingerprint density at radius 2 is 2.04 bits per heavy atom. The van der Waals surface area contributed by atoms with E-state index in [9.17, 15) is 9.59 Å². The van der Waals surface area contributed by atoms with Crippen molar-refractivity contribution in [1.82, 2.24) is 15.1 Å². The average Bonchev–Trinajstić information content (AvgIpc) is 3.01. The van der Waals surface area contributed by atoms with Crippen LogP contribution >= 0.6 is 15.9 Å². The standard InChI is InChI=1S/C16H18BrN3O3/c1-2-3-11(16(22)23)8-18-15(21)12-9-19-20(10-12)14-6-4-13(17)5-7-14/h4-7,9-11H,2-3,8H2,1H3,(H,18,21)(H,22,23). The molecule has 1 amide bonds. The third-order valence-electron chi connectivity index (χ3n) is 3.43. The number of benzene rings is 1. The summed E-state index contributed by atoms with van der Waals surface area (Å²) in [5.41, 5.74) is 1.23. The van der Waals surface area contributed by atoms with Gasteiger partial charge in [0.05, 0.1) is 23.4 Å². The number of nitrogens with one attached hydrogen (secondary N) is 1. The maximum Gasteiger partial charge on any atom is 0.308 e. The van der Waals surface area contributed by atoms with E-state index in [2.05, 4.69) is 26.3 Å². The van der Waals surface area contributed by atoms with Crippen molar-refractivity contribution in [1.29, 1.82) is 0 Å². The van der Waals surface area contributed by atoms with Gasteiger partial charge in [0.2, 0.25) is 0 Å². The lowest BCUT2D eigenvalue weighted by molar-refractivity contribution is -0.141. The van der Waals surface area contributed by atoms with Gasteiger partial charge in [-0.3, -0.25) is 9.59 Å². The molecule has 7 heteroatoms. The van der Waals surface area contributed by atoms with Crippen molar-refractivity contribution in [2.24, 2.45) is 5.92 Å². The van der Waals surface area contributed by atoms with Crippen LogP contribution in [0.15, 0.2) is 41.1 Å². The van der Waals surface area contributed by atoms with E-state index in [0.717, 1.165) is 16.6 Å². The molecular weight excluding hydrogens is 362 g/mol. The van der Waals surface area contributed by atoms with Crippen LogP contribution in [-0.2, 0) is 4.79 Å². The van der Waals surface area contributed by atoms with E-state index in [1.165, 1.54) is 6.20 Å². The van der Waals surface area contributed by atoms with E-state index >= 15 is 0 Å². The number of hydrogen-bond acceptors (Lipinski definition) is 3. The van der Waals surface area contributed by atoms with Crippen molar-refractivity contribution in [3.05, 3.63) is 46.7 Å². The van der Waals surface area contributed by atoms with Crippen LogP contribution in [0.25, 0.3) is 5.69 Å². The summed E-state index contributed by atoms with van der Waals surface area (Å²) in [6.45, 7) is 2.03. The largest absolute Gasteiger partial charge is 0.481 e. The topological polar surface area (TPSA) is 84.2 Å². The zero-order valence-electron chi connectivity index (χ0n) is 12.7. The number of hydrogen-bond donors (Lipinski definition) is 2. The van der Waals surface area contributed by atoms with Gasteiger partial charge >= 0.3 is 5.97 Å². The minimum atomic E-state index is -0.891. The second kappa shape index (κ2) is 7.92. The summed E-state index contributed by atoms with van der Waals surface area (Å²) in [6.07, 6.45) is 4.38. The van der Waals surface area contributed by atoms with Crippen molar-refractivity contribution in [2.45, 2.75) is 19.8 Å². The molecular formula is C16H18BrN3O3. The van der Waals surface area contributed by atoms with E-state index in [0.29, 0.717) is 12.0 Å². The zero-order valence-corrected chi connectivity index (χ0v) is 14.3. The quantitative estimate of drug-likeness (QED) is 0.774. The second-order valence-electron chi connectivity index (χ2n) is 5.18. The molecule has 6 nitrogen and oxygen atoms in total. The lowest BCUT2D eigenvalue weighted by Gasteiger charge is -2.11. The molecule has 2 aromatic rings. The van der Waals surface area contributed by atoms with Gasteiger partial charge in [-0.25, -0.2) is 4.68 Å². The number of halogens is 1. The number of nitrogens with zero attached hydrogens (tertiary/aromatic N) is 2. The Morgan fingerprint density at radius 1 is 1.35 bits per heavy atom. The molecule has 0 fully saturated rings. The first-order valence-electron chi connectivity index (χ1n) is 7.33. The molecule has 1 aromatic heterocycles. The van der Waals surface area contributed by atoms with Crippen LogP contribution in [0.5, 0.6) is 0 Å². The highest BCUT2D eigenvalue weighted by molar-refractivity contribution is 9.10. The first kappa shape index (κ1) is 17.2. The van der Waals surface area contributed by atoms with Crippen LogP contribution in [0.2, 0.25) is 0 Å². The van der Waals surface area contributed by atoms with Crippen molar-refractivity contribution < 1.29 is 14.7 Å². The number of carbonyl (C=O) groups is 2. The molecule has 23 heavy (non-hydrogen) atoms. The molecule has 0 saturated heterocycles. The molecule has 0 saturated carbocycles. The molecule has 122 valence electrons. The van der Waals surface area contributed by atoms with Crippen molar-refractivity contribution in [3.63, 3.8) is 0 Å². The average molecular weight is 380 g/mol. The maximum atomic E-state index is 12.1. The van der Waals surface area contributed by atoms with E-state index in [1.807, 2.05) is 31.2 Å². The fraction of sp³-hybridized carbons (Fsp3) is 0.312. The maximum absolute atomic E-state index is 12.1. The highest BCUT2D eigenvalue weighted by Crippen LogP contribution is 2.14. The normalized spacial score (nSPS) is 11.9. The lowest BCUT2D eigenvalue weighted by Crippen LogP contribution is -2.32. The fourth-order valence-electron chi connectivity index (χ4n) is 2.15. The van der Waals surface area contributed by atoms with Crippen LogP contribution in [0.3, 0.4) is 0 Å². The van der Waals surface area contributed by atoms with E-state index in [-0.39, 0.29) is 12.5 Å². The van der Waals surface area contributed by atoms with Gasteiger partial charge in [-0.05, 0) is 30.7 Å². The second-order valence-corrected chi connectivity index (χ2v) is 6.10. The van der Waals surface area contributed by atoms with Crippen LogP contribution in [-0.4, -0.2) is 33.3 Å². The Labute approximate surface area is 142 Å². The van der Waals surface area contributed by atoms with Gasteiger partial charge < -0.3 is 10.4 Å². The van der Waals surface area contributed by atoms with Crippen LogP contribution in [0, 0.1) is 5.92 Å². The predicted octanol–water partition coefficient (Wildman–Crippen LogP) is 2.87. The number of rotatable bonds is 7. The molecule has 1 unspecified atom stereocenters. The summed E-state index contributed by atoms with van der Waals surface area (Å²) in [5, 5.41) is 15.9. The van der Waals surface area contributed by atoms with E-state index in [4.69, 9.17) is 5.11 Å². The van der Waals surface area contributed by atoms with Crippen molar-refractivity contribution >= 4 is 27.8 Å². The molecule has 2 N–H and O–H groups in total. The molecule has 1 aromatic carbocycles. The Bertz CT molecular complexity index is 682. The Morgan fingerprint density at radius 3 is 2.65 bits per heavy atom. The first-order valence-corrected chi connectivity index (χ1v) is 8.12. The van der Waals surface area contributed by atoms with Gasteiger partial charge in [0.15, 0.2) is 0 Å². The summed E-state index contributed by atoms with van der Waals surface area (Å²) in [7, 11) is 0. The molecule has 0 radical (unpaired) electrons. The molecule has 1 heterocycles. The highest BCUT2D eigenvalue weighted by Gasteiger charge is 2.18. The van der Waals surface area contributed by atoms with Crippen molar-refractivity contribution in [2.75, 3.05) is 6.54 Å². The fourth-order valence-corrected chi connectivity index (χ4v) is 2.42. The third kappa shape index (κ3) is 4.66. The first-order chi connectivity index (χ1) is 11.0. The third-order valence-corrected chi connectivity index (χ3v) is 3.96. The summed E-state index contributed by atoms with van der Waals surface area (Å²) in [6, 6.07) is 7.53. The number of aliphatic carboxylic acids is 1. The number of carbonyl (C=O) groups excluding carboxylic acids is 1. The number of carboxylic acid groups (broad SMARTS) is 1. The molecule has 0 aliphatic rings. The monoisotopic (exact) mass is 379 g/mol. The van der Waals surface area contributed by atoms with Gasteiger partial charge in [0, 0.05) is 17.2 Å². The van der Waals surface area contributed by atoms with Crippen molar-refractivity contribution in [3.8, 4) is 5.69 Å². The van der Waals surface area contributed by atoms with Gasteiger partial charge in [-0.15, -0.1) is 0 Å². The molecule has 0 aliphatic carbocycles. The number of carboxylic acids is 1. The molecule has 0 bridgehead atoms. The van der Waals surface area contributed by atoms with E-state index in [1.54, 1.807) is 10.9 Å². The minimum absolute atomic E-state index is 0.117. The molecule has 1 atom stereocenters. The van der Waals surface area contributed by atoms with Crippen LogP contribution < -0.4 is 5.32 Å². The molecule has 0 aliphatic heterocycles. The minimum Gasteiger partial charge on any atom is -0.481 e. The highest BCUT2D eigenvalue weighted by atomic mass is 79.9. The molecule has 0 spiro atoms. The van der Waals surface area contributed by atoms with Gasteiger partial charge in [-0.2, -0.15) is 5.10 Å². The Hall–Kier alpha value is -2.15. The Balaban J connectivity index is 2.01. The molecule has 2 rings (SSSR count). The Kier molecular flexibility index (Phi) is 5.92. The van der Waals surface area contributed by atoms with E-state index < -0.39 is 11.9 Å². The summed E-state index contributed by atoms with van der Waals surface area (Å²) in [5.74, 6) is -1.78. The predicted molar refractivity (Wildman–Crippen MR) is 89.6 cm³/mol. The SMILES string of the molecule is CCCC(CNC(=O)c1cnn(-c2ccc(Br)cc2)c1)C(=O)O. The summed E-state index contributed by atoms with van der Waals surface area (Å²) < 4.78 is 2.56. The van der Waals surface area contributed by atoms with Gasteiger partial charge in [0.1, 0.15) is 0 Å².